The SMILES string of the molecule is CC[C@H](C)C[P@](C)(=O)CC. The van der Waals surface area contributed by atoms with E-state index in [0.717, 1.165) is 18.7 Å². The Morgan fingerprint density at radius 3 is 2.20 bits per heavy atom. The van der Waals surface area contributed by atoms with Gasteiger partial charge in [0.25, 0.3) is 0 Å². The molecule has 0 heterocycles. The highest BCUT2D eigenvalue weighted by Gasteiger charge is 2.14. The van der Waals surface area contributed by atoms with Crippen molar-refractivity contribution >= 4 is 7.14 Å². The lowest BCUT2D eigenvalue weighted by molar-refractivity contribution is 0.558. The minimum atomic E-state index is -1.75. The largest absolute Gasteiger partial charge is 0.324 e. The van der Waals surface area contributed by atoms with Gasteiger partial charge in [-0.1, -0.05) is 27.2 Å². The Kier molecular flexibility index (Phi) is 4.28. The van der Waals surface area contributed by atoms with Crippen LogP contribution in [0.1, 0.15) is 27.2 Å². The summed E-state index contributed by atoms with van der Waals surface area (Å²) in [5, 5.41) is 0. The van der Waals surface area contributed by atoms with Crippen molar-refractivity contribution in [1.82, 2.24) is 0 Å². The summed E-state index contributed by atoms with van der Waals surface area (Å²) in [4.78, 5) is 0. The normalized spacial score (nSPS) is 20.0. The smallest absolute Gasteiger partial charge is 0.0848 e. The third-order valence-electron chi connectivity index (χ3n) is 2.06. The third kappa shape index (κ3) is 4.11. The van der Waals surface area contributed by atoms with Crippen molar-refractivity contribution in [3.63, 3.8) is 0 Å². The lowest BCUT2D eigenvalue weighted by atomic mass is 10.2. The maximum Gasteiger partial charge on any atom is 0.0848 e. The molecule has 0 aromatic carbocycles. The van der Waals surface area contributed by atoms with Crippen LogP contribution in [0.3, 0.4) is 0 Å². The Balaban J connectivity index is 3.77. The average molecular weight is 162 g/mol. The van der Waals surface area contributed by atoms with E-state index < -0.39 is 7.14 Å². The first-order valence-corrected chi connectivity index (χ1v) is 6.59. The van der Waals surface area contributed by atoms with Crippen molar-refractivity contribution in [2.24, 2.45) is 5.92 Å². The quantitative estimate of drug-likeness (QED) is 0.580. The van der Waals surface area contributed by atoms with Gasteiger partial charge in [0.05, 0.1) is 7.14 Å². The van der Waals surface area contributed by atoms with Gasteiger partial charge in [-0.05, 0) is 18.7 Å². The predicted molar refractivity (Wildman–Crippen MR) is 48.4 cm³/mol. The molecule has 0 spiro atoms. The molecule has 2 heteroatoms. The molecule has 0 aliphatic heterocycles. The molecule has 0 N–H and O–H groups in total. The maximum atomic E-state index is 11.6. The van der Waals surface area contributed by atoms with Crippen LogP contribution in [0.15, 0.2) is 0 Å². The van der Waals surface area contributed by atoms with Gasteiger partial charge in [-0.2, -0.15) is 0 Å². The summed E-state index contributed by atoms with van der Waals surface area (Å²) in [6, 6.07) is 0. The summed E-state index contributed by atoms with van der Waals surface area (Å²) in [6.07, 6.45) is 2.94. The zero-order chi connectivity index (χ0) is 8.20. The van der Waals surface area contributed by atoms with Gasteiger partial charge in [0, 0.05) is 6.16 Å². The first-order valence-electron chi connectivity index (χ1n) is 4.07. The lowest BCUT2D eigenvalue weighted by Gasteiger charge is -2.14. The van der Waals surface area contributed by atoms with E-state index in [2.05, 4.69) is 13.8 Å². The van der Waals surface area contributed by atoms with Crippen LogP contribution in [-0.2, 0) is 4.57 Å². The minimum absolute atomic E-state index is 0.635. The number of rotatable bonds is 4. The number of hydrogen-bond donors (Lipinski definition) is 0. The van der Waals surface area contributed by atoms with Crippen LogP contribution in [0.4, 0.5) is 0 Å². The lowest BCUT2D eigenvalue weighted by Crippen LogP contribution is -2.01. The van der Waals surface area contributed by atoms with E-state index in [1.54, 1.807) is 0 Å². The fraction of sp³-hybridized carbons (Fsp3) is 1.00. The molecule has 62 valence electrons. The van der Waals surface area contributed by atoms with Crippen LogP contribution >= 0.6 is 7.14 Å². The topological polar surface area (TPSA) is 17.1 Å². The van der Waals surface area contributed by atoms with Crippen molar-refractivity contribution in [1.29, 1.82) is 0 Å². The third-order valence-corrected chi connectivity index (χ3v) is 4.80. The second kappa shape index (κ2) is 4.18. The Morgan fingerprint density at radius 2 is 1.90 bits per heavy atom. The highest BCUT2D eigenvalue weighted by atomic mass is 31.2. The van der Waals surface area contributed by atoms with Crippen LogP contribution < -0.4 is 0 Å². The van der Waals surface area contributed by atoms with Crippen LogP contribution in [0.25, 0.3) is 0 Å². The summed E-state index contributed by atoms with van der Waals surface area (Å²) in [5.74, 6) is 0.635. The molecule has 0 amide bonds. The molecule has 2 atom stereocenters. The molecule has 0 rings (SSSR count). The van der Waals surface area contributed by atoms with Crippen molar-refractivity contribution in [2.75, 3.05) is 19.0 Å². The molecule has 0 saturated heterocycles. The molecule has 0 aromatic heterocycles. The molecule has 0 aromatic rings. The second-order valence-corrected chi connectivity index (χ2v) is 6.90. The van der Waals surface area contributed by atoms with Crippen molar-refractivity contribution < 1.29 is 4.57 Å². The van der Waals surface area contributed by atoms with Crippen LogP contribution in [0, 0.1) is 5.92 Å². The van der Waals surface area contributed by atoms with E-state index >= 15 is 0 Å². The zero-order valence-electron chi connectivity index (χ0n) is 7.55. The molecule has 0 radical (unpaired) electrons. The summed E-state index contributed by atoms with van der Waals surface area (Å²) < 4.78 is 11.6. The Hall–Kier alpha value is 0.230. The first kappa shape index (κ1) is 10.2. The molecule has 1 nitrogen and oxygen atoms in total. The van der Waals surface area contributed by atoms with E-state index in [-0.39, 0.29) is 0 Å². The molecule has 0 aliphatic rings. The van der Waals surface area contributed by atoms with Gasteiger partial charge < -0.3 is 4.57 Å². The van der Waals surface area contributed by atoms with E-state index in [4.69, 9.17) is 0 Å². The summed E-state index contributed by atoms with van der Waals surface area (Å²) in [7, 11) is -1.75. The van der Waals surface area contributed by atoms with Gasteiger partial charge in [0.1, 0.15) is 0 Å². The summed E-state index contributed by atoms with van der Waals surface area (Å²) in [5.41, 5.74) is 0. The van der Waals surface area contributed by atoms with Gasteiger partial charge in [0.2, 0.25) is 0 Å². The van der Waals surface area contributed by atoms with Crippen LogP contribution in [-0.4, -0.2) is 19.0 Å². The highest BCUT2D eigenvalue weighted by Crippen LogP contribution is 2.42. The highest BCUT2D eigenvalue weighted by molar-refractivity contribution is 7.63. The van der Waals surface area contributed by atoms with E-state index in [1.807, 2.05) is 13.6 Å². The van der Waals surface area contributed by atoms with Gasteiger partial charge in [-0.3, -0.25) is 0 Å². The summed E-state index contributed by atoms with van der Waals surface area (Å²) >= 11 is 0. The predicted octanol–water partition coefficient (Wildman–Crippen LogP) is 3.05. The van der Waals surface area contributed by atoms with Gasteiger partial charge in [-0.15, -0.1) is 0 Å². The molecular weight excluding hydrogens is 143 g/mol. The average Bonchev–Trinajstić information content (AvgIpc) is 1.87. The maximum absolute atomic E-state index is 11.6. The van der Waals surface area contributed by atoms with Gasteiger partial charge in [-0.25, -0.2) is 0 Å². The molecule has 0 aliphatic carbocycles. The molecule has 0 saturated carbocycles. The van der Waals surface area contributed by atoms with Crippen LogP contribution in [0.2, 0.25) is 0 Å². The summed E-state index contributed by atoms with van der Waals surface area (Å²) in [6.45, 7) is 8.26. The first-order chi connectivity index (χ1) is 4.52. The standard InChI is InChI=1S/C8H19OP/c1-5-8(3)7-10(4,9)6-2/h8H,5-7H2,1-4H3/t8-,10+/m0/s1. The Bertz CT molecular complexity index is 131. The van der Waals surface area contributed by atoms with Crippen LogP contribution in [0.5, 0.6) is 0 Å². The second-order valence-electron chi connectivity index (χ2n) is 3.31. The Labute approximate surface area is 64.6 Å². The minimum Gasteiger partial charge on any atom is -0.324 e. The molecule has 0 fully saturated rings. The van der Waals surface area contributed by atoms with Gasteiger partial charge >= 0.3 is 0 Å². The molecule has 0 bridgehead atoms. The van der Waals surface area contributed by atoms with E-state index in [1.165, 1.54) is 0 Å². The van der Waals surface area contributed by atoms with Crippen molar-refractivity contribution in [2.45, 2.75) is 27.2 Å². The van der Waals surface area contributed by atoms with E-state index in [9.17, 15) is 4.57 Å². The van der Waals surface area contributed by atoms with E-state index in [0.29, 0.717) is 5.92 Å². The van der Waals surface area contributed by atoms with Crippen molar-refractivity contribution in [3.8, 4) is 0 Å². The fourth-order valence-electron chi connectivity index (χ4n) is 0.917. The Morgan fingerprint density at radius 1 is 1.40 bits per heavy atom. The van der Waals surface area contributed by atoms with Crippen molar-refractivity contribution in [3.05, 3.63) is 0 Å². The fourth-order valence-corrected chi connectivity index (χ4v) is 2.75. The molecular formula is C8H19OP. The zero-order valence-corrected chi connectivity index (χ0v) is 8.45. The molecule has 10 heavy (non-hydrogen) atoms. The number of hydrogen-bond acceptors (Lipinski definition) is 1. The molecule has 0 unspecified atom stereocenters. The monoisotopic (exact) mass is 162 g/mol. The van der Waals surface area contributed by atoms with Gasteiger partial charge in [0.15, 0.2) is 0 Å².